The molecule has 1 aromatic heterocycles. The van der Waals surface area contributed by atoms with Gasteiger partial charge in [0.15, 0.2) is 5.96 Å². The molecule has 0 aromatic carbocycles. The molecule has 0 saturated carbocycles. The summed E-state index contributed by atoms with van der Waals surface area (Å²) in [6.45, 7) is 6.54. The molecular weight excluding hydrogens is 342 g/mol. The van der Waals surface area contributed by atoms with Crippen LogP contribution in [-0.2, 0) is 11.2 Å². The summed E-state index contributed by atoms with van der Waals surface area (Å²) >= 11 is 0. The number of unbranched alkanes of at least 4 members (excludes halogenated alkanes) is 1. The first kappa shape index (κ1) is 21.3. The van der Waals surface area contributed by atoms with Gasteiger partial charge in [-0.2, -0.15) is 0 Å². The fourth-order valence-corrected chi connectivity index (χ4v) is 3.08. The highest BCUT2D eigenvalue weighted by Gasteiger charge is 2.19. The lowest BCUT2D eigenvalue weighted by molar-refractivity contribution is -0.127. The van der Waals surface area contributed by atoms with Crippen LogP contribution in [0.25, 0.3) is 0 Å². The highest BCUT2D eigenvalue weighted by molar-refractivity contribution is 5.84. The first-order valence-electron chi connectivity index (χ1n) is 10.1. The van der Waals surface area contributed by atoms with Crippen molar-refractivity contribution >= 4 is 11.9 Å². The molecule has 1 aliphatic rings. The molecule has 27 heavy (non-hydrogen) atoms. The van der Waals surface area contributed by atoms with Crippen LogP contribution in [0.3, 0.4) is 0 Å². The third-order valence-electron chi connectivity index (χ3n) is 4.87. The lowest BCUT2D eigenvalue weighted by Crippen LogP contribution is -2.49. The number of rotatable bonds is 9. The van der Waals surface area contributed by atoms with E-state index in [0.29, 0.717) is 18.5 Å². The van der Waals surface area contributed by atoms with Crippen molar-refractivity contribution in [2.45, 2.75) is 45.1 Å². The zero-order valence-corrected chi connectivity index (χ0v) is 17.0. The first-order chi connectivity index (χ1) is 13.1. The van der Waals surface area contributed by atoms with Crippen molar-refractivity contribution in [1.29, 1.82) is 0 Å². The van der Waals surface area contributed by atoms with Crippen molar-refractivity contribution in [3.8, 4) is 0 Å². The Balaban J connectivity index is 1.83. The number of nitrogens with one attached hydrogen (secondary N) is 2. The van der Waals surface area contributed by atoms with E-state index in [-0.39, 0.29) is 12.5 Å². The highest BCUT2D eigenvalue weighted by Crippen LogP contribution is 2.11. The number of likely N-dealkylation sites (tertiary alicyclic amines) is 1. The minimum absolute atomic E-state index is 0.00322. The van der Waals surface area contributed by atoms with Crippen molar-refractivity contribution in [3.05, 3.63) is 24.2 Å². The molecule has 1 aliphatic heterocycles. The first-order valence-corrected chi connectivity index (χ1v) is 10.1. The summed E-state index contributed by atoms with van der Waals surface area (Å²) < 4.78 is 5.37. The maximum Gasteiger partial charge on any atom is 0.243 e. The average molecular weight is 378 g/mol. The van der Waals surface area contributed by atoms with Crippen LogP contribution in [0.2, 0.25) is 0 Å². The molecule has 1 aromatic rings. The molecule has 1 amide bonds. The Hall–Kier alpha value is -2.02. The van der Waals surface area contributed by atoms with Gasteiger partial charge in [0, 0.05) is 46.2 Å². The largest absolute Gasteiger partial charge is 0.469 e. The van der Waals surface area contributed by atoms with Gasteiger partial charge in [0.25, 0.3) is 0 Å². The van der Waals surface area contributed by atoms with Gasteiger partial charge in [-0.15, -0.1) is 0 Å². The molecule has 2 rings (SSSR count). The Kier molecular flexibility index (Phi) is 9.18. The fraction of sp³-hybridized carbons (Fsp3) is 0.700. The lowest BCUT2D eigenvalue weighted by Gasteiger charge is -2.33. The average Bonchev–Trinajstić information content (AvgIpc) is 3.18. The van der Waals surface area contributed by atoms with Gasteiger partial charge in [-0.25, -0.2) is 4.99 Å². The second-order valence-corrected chi connectivity index (χ2v) is 7.32. The van der Waals surface area contributed by atoms with E-state index >= 15 is 0 Å². The van der Waals surface area contributed by atoms with Crippen molar-refractivity contribution < 1.29 is 9.21 Å². The van der Waals surface area contributed by atoms with Gasteiger partial charge in [-0.05, 0) is 37.9 Å². The smallest absolute Gasteiger partial charge is 0.243 e. The Morgan fingerprint density at radius 1 is 1.37 bits per heavy atom. The summed E-state index contributed by atoms with van der Waals surface area (Å²) in [5.74, 6) is 1.65. The Morgan fingerprint density at radius 2 is 2.15 bits per heavy atom. The van der Waals surface area contributed by atoms with Crippen LogP contribution >= 0.6 is 0 Å². The molecule has 152 valence electrons. The molecule has 0 bridgehead atoms. The Bertz CT molecular complexity index is 563. The Morgan fingerprint density at radius 3 is 2.78 bits per heavy atom. The number of guanidine groups is 1. The standard InChI is InChI=1S/C20H35N5O2/c1-4-5-12-25-13-9-17(10-14-25)23-20(22-16-19(26)24(2)3)21-11-8-18-7-6-15-27-18/h6-7,15,17H,4-5,8-14,16H2,1-3H3,(H2,21,22,23). The van der Waals surface area contributed by atoms with Crippen LogP contribution < -0.4 is 10.6 Å². The van der Waals surface area contributed by atoms with Crippen LogP contribution in [0.5, 0.6) is 0 Å². The van der Waals surface area contributed by atoms with E-state index < -0.39 is 0 Å². The number of hydrogen-bond donors (Lipinski definition) is 2. The van der Waals surface area contributed by atoms with Crippen LogP contribution in [0.1, 0.15) is 38.4 Å². The molecule has 0 spiro atoms. The molecule has 1 saturated heterocycles. The predicted molar refractivity (Wildman–Crippen MR) is 109 cm³/mol. The summed E-state index contributed by atoms with van der Waals surface area (Å²) in [7, 11) is 3.50. The molecule has 0 atom stereocenters. The quantitative estimate of drug-likeness (QED) is 0.506. The van der Waals surface area contributed by atoms with Gasteiger partial charge in [0.1, 0.15) is 12.3 Å². The molecule has 0 unspecified atom stereocenters. The molecule has 2 N–H and O–H groups in total. The molecule has 0 radical (unpaired) electrons. The minimum Gasteiger partial charge on any atom is -0.469 e. The van der Waals surface area contributed by atoms with Gasteiger partial charge in [-0.3, -0.25) is 4.79 Å². The van der Waals surface area contributed by atoms with Crippen molar-refractivity contribution in [2.75, 3.05) is 46.8 Å². The van der Waals surface area contributed by atoms with E-state index in [2.05, 4.69) is 27.4 Å². The number of carbonyl (C=O) groups excluding carboxylic acids is 1. The lowest BCUT2D eigenvalue weighted by atomic mass is 10.0. The van der Waals surface area contributed by atoms with Gasteiger partial charge in [0.05, 0.1) is 6.26 Å². The third kappa shape index (κ3) is 8.03. The summed E-state index contributed by atoms with van der Waals surface area (Å²) in [6.07, 6.45) is 7.18. The van der Waals surface area contributed by atoms with Crippen LogP contribution in [-0.4, -0.2) is 74.5 Å². The second-order valence-electron chi connectivity index (χ2n) is 7.32. The number of furan rings is 1. The normalized spacial score (nSPS) is 16.3. The van der Waals surface area contributed by atoms with E-state index in [0.717, 1.165) is 38.1 Å². The molecule has 0 aliphatic carbocycles. The second kappa shape index (κ2) is 11.6. The van der Waals surface area contributed by atoms with E-state index in [9.17, 15) is 4.79 Å². The zero-order valence-electron chi connectivity index (χ0n) is 17.0. The monoisotopic (exact) mass is 377 g/mol. The van der Waals surface area contributed by atoms with E-state index in [1.807, 2.05) is 12.1 Å². The summed E-state index contributed by atoms with van der Waals surface area (Å²) in [5.41, 5.74) is 0. The van der Waals surface area contributed by atoms with Crippen molar-refractivity contribution in [1.82, 2.24) is 20.4 Å². The van der Waals surface area contributed by atoms with E-state index in [4.69, 9.17) is 4.42 Å². The predicted octanol–water partition coefficient (Wildman–Crippen LogP) is 1.71. The van der Waals surface area contributed by atoms with Crippen LogP contribution in [0.15, 0.2) is 27.8 Å². The fourth-order valence-electron chi connectivity index (χ4n) is 3.08. The topological polar surface area (TPSA) is 73.1 Å². The van der Waals surface area contributed by atoms with E-state index in [1.165, 1.54) is 19.4 Å². The molecule has 2 heterocycles. The van der Waals surface area contributed by atoms with Crippen molar-refractivity contribution in [2.24, 2.45) is 4.99 Å². The highest BCUT2D eigenvalue weighted by atomic mass is 16.3. The number of nitrogens with zero attached hydrogens (tertiary/aromatic N) is 3. The van der Waals surface area contributed by atoms with Crippen LogP contribution in [0.4, 0.5) is 0 Å². The third-order valence-corrected chi connectivity index (χ3v) is 4.87. The van der Waals surface area contributed by atoms with Gasteiger partial charge in [0.2, 0.25) is 5.91 Å². The minimum atomic E-state index is -0.00322. The number of hydrogen-bond acceptors (Lipinski definition) is 4. The molecule has 1 fully saturated rings. The number of aliphatic imine (C=N–C) groups is 1. The molecular formula is C20H35N5O2. The number of carbonyl (C=O) groups is 1. The van der Waals surface area contributed by atoms with Crippen LogP contribution in [0, 0.1) is 0 Å². The summed E-state index contributed by atoms with van der Waals surface area (Å²) in [4.78, 5) is 20.5. The van der Waals surface area contributed by atoms with Gasteiger partial charge in [-0.1, -0.05) is 13.3 Å². The number of amides is 1. The van der Waals surface area contributed by atoms with Gasteiger partial charge < -0.3 is 24.9 Å². The number of likely N-dealkylation sites (N-methyl/N-ethyl adjacent to an activating group) is 1. The van der Waals surface area contributed by atoms with Gasteiger partial charge >= 0.3 is 0 Å². The maximum absolute atomic E-state index is 11.9. The summed E-state index contributed by atoms with van der Waals surface area (Å²) in [6, 6.07) is 4.25. The maximum atomic E-state index is 11.9. The number of piperidine rings is 1. The SMILES string of the molecule is CCCCN1CCC(NC(=NCC(=O)N(C)C)NCCc2ccco2)CC1. The Labute approximate surface area is 163 Å². The zero-order chi connectivity index (χ0) is 19.5. The molecule has 7 nitrogen and oxygen atoms in total. The van der Waals surface area contributed by atoms with Crippen molar-refractivity contribution in [3.63, 3.8) is 0 Å². The molecule has 7 heteroatoms. The summed E-state index contributed by atoms with van der Waals surface area (Å²) in [5, 5.41) is 6.86. The van der Waals surface area contributed by atoms with E-state index in [1.54, 1.807) is 25.3 Å².